The molecule has 0 spiro atoms. The summed E-state index contributed by atoms with van der Waals surface area (Å²) in [4.78, 5) is 12.0. The first kappa shape index (κ1) is 15.1. The summed E-state index contributed by atoms with van der Waals surface area (Å²) >= 11 is 0. The maximum Gasteiger partial charge on any atom is 0.137 e. The second-order valence-electron chi connectivity index (χ2n) is 5.78. The first-order valence-electron chi connectivity index (χ1n) is 7.22. The monoisotopic (exact) mass is 281 g/mol. The first-order valence-corrected chi connectivity index (χ1v) is 7.22. The highest BCUT2D eigenvalue weighted by molar-refractivity contribution is 5.81. The number of Topliss-reactive ketones (excluding diaryl/α,β-unsaturated/α-hetero) is 1. The van der Waals surface area contributed by atoms with Crippen molar-refractivity contribution in [3.8, 4) is 0 Å². The van der Waals surface area contributed by atoms with Crippen molar-refractivity contribution in [2.45, 2.75) is 32.6 Å². The van der Waals surface area contributed by atoms with Crippen LogP contribution < -0.4 is 5.32 Å². The van der Waals surface area contributed by atoms with Crippen LogP contribution in [0.1, 0.15) is 31.7 Å². The second-order valence-corrected chi connectivity index (χ2v) is 5.78. The van der Waals surface area contributed by atoms with Crippen molar-refractivity contribution in [1.82, 2.24) is 5.32 Å². The van der Waals surface area contributed by atoms with Gasteiger partial charge in [0.1, 0.15) is 17.4 Å². The molecule has 0 bridgehead atoms. The smallest absolute Gasteiger partial charge is 0.137 e. The molecule has 2 atom stereocenters. The Labute approximate surface area is 118 Å². The number of nitrogens with one attached hydrogen (secondary N) is 1. The van der Waals surface area contributed by atoms with Gasteiger partial charge in [-0.15, -0.1) is 0 Å². The molecular weight excluding hydrogens is 260 g/mol. The molecule has 0 aromatic heterocycles. The zero-order valence-electron chi connectivity index (χ0n) is 11.8. The molecule has 1 N–H and O–H groups in total. The van der Waals surface area contributed by atoms with Gasteiger partial charge in [-0.1, -0.05) is 6.92 Å². The van der Waals surface area contributed by atoms with Gasteiger partial charge in [0.25, 0.3) is 0 Å². The Balaban J connectivity index is 1.88. The molecule has 1 aromatic carbocycles. The zero-order valence-corrected chi connectivity index (χ0v) is 11.8. The van der Waals surface area contributed by atoms with E-state index in [0.29, 0.717) is 23.8 Å². The zero-order chi connectivity index (χ0) is 14.5. The average Bonchev–Trinajstić information content (AvgIpc) is 2.38. The predicted octanol–water partition coefficient (Wildman–Crippen LogP) is 3.10. The molecule has 0 aliphatic carbocycles. The van der Waals surface area contributed by atoms with E-state index in [-0.39, 0.29) is 12.2 Å². The molecular formula is C16H21F2NO. The van der Waals surface area contributed by atoms with E-state index in [4.69, 9.17) is 0 Å². The van der Waals surface area contributed by atoms with Crippen molar-refractivity contribution in [2.75, 3.05) is 13.1 Å². The molecule has 0 radical (unpaired) electrons. The van der Waals surface area contributed by atoms with E-state index in [2.05, 4.69) is 12.2 Å². The normalized spacial score (nSPS) is 20.6. The molecule has 0 saturated carbocycles. The highest BCUT2D eigenvalue weighted by Crippen LogP contribution is 2.23. The van der Waals surface area contributed by atoms with E-state index >= 15 is 0 Å². The molecule has 2 rings (SSSR count). The Kier molecular flexibility index (Phi) is 5.24. The van der Waals surface area contributed by atoms with Crippen LogP contribution in [0.4, 0.5) is 8.78 Å². The van der Waals surface area contributed by atoms with Gasteiger partial charge >= 0.3 is 0 Å². The Morgan fingerprint density at radius 1 is 1.35 bits per heavy atom. The quantitative estimate of drug-likeness (QED) is 0.898. The number of piperidine rings is 1. The van der Waals surface area contributed by atoms with Crippen LogP contribution in [0.15, 0.2) is 18.2 Å². The third-order valence-electron chi connectivity index (χ3n) is 4.01. The Bertz CT molecular complexity index is 449. The van der Waals surface area contributed by atoms with Crippen molar-refractivity contribution >= 4 is 5.78 Å². The molecule has 110 valence electrons. The van der Waals surface area contributed by atoms with Gasteiger partial charge in [0.2, 0.25) is 0 Å². The number of hydrogen-bond donors (Lipinski definition) is 1. The number of halogens is 2. The summed E-state index contributed by atoms with van der Waals surface area (Å²) in [6.45, 7) is 4.10. The number of benzene rings is 1. The number of carbonyl (C=O) groups is 1. The van der Waals surface area contributed by atoms with Crippen LogP contribution in [0.2, 0.25) is 0 Å². The third kappa shape index (κ3) is 4.37. The molecule has 20 heavy (non-hydrogen) atoms. The van der Waals surface area contributed by atoms with Gasteiger partial charge in [-0.25, -0.2) is 8.78 Å². The van der Waals surface area contributed by atoms with Crippen LogP contribution in [0.5, 0.6) is 0 Å². The second kappa shape index (κ2) is 6.93. The van der Waals surface area contributed by atoms with Crippen molar-refractivity contribution in [3.05, 3.63) is 35.4 Å². The van der Waals surface area contributed by atoms with Gasteiger partial charge < -0.3 is 5.32 Å². The molecule has 1 saturated heterocycles. The lowest BCUT2D eigenvalue weighted by Crippen LogP contribution is -2.34. The fourth-order valence-corrected chi connectivity index (χ4v) is 2.90. The van der Waals surface area contributed by atoms with Crippen molar-refractivity contribution < 1.29 is 13.6 Å². The standard InChI is InChI=1S/C16H21F2NO/c1-11(13-3-2-4-19-10-13)5-16(20)8-12-6-14(17)9-15(18)7-12/h6-7,9,11,13,19H,2-5,8,10H2,1H3. The molecule has 1 heterocycles. The minimum absolute atomic E-state index is 0.0491. The lowest BCUT2D eigenvalue weighted by molar-refractivity contribution is -0.119. The van der Waals surface area contributed by atoms with Crippen molar-refractivity contribution in [2.24, 2.45) is 11.8 Å². The summed E-state index contributed by atoms with van der Waals surface area (Å²) in [6.07, 6.45) is 2.89. The van der Waals surface area contributed by atoms with E-state index in [1.807, 2.05) is 0 Å². The van der Waals surface area contributed by atoms with E-state index in [1.165, 1.54) is 12.1 Å². The number of ketones is 1. The topological polar surface area (TPSA) is 29.1 Å². The summed E-state index contributed by atoms with van der Waals surface area (Å²) in [6, 6.07) is 3.28. The molecule has 1 fully saturated rings. The van der Waals surface area contributed by atoms with Gasteiger partial charge in [-0.2, -0.15) is 0 Å². The summed E-state index contributed by atoms with van der Waals surface area (Å²) in [5.41, 5.74) is 0.418. The molecule has 0 amide bonds. The highest BCUT2D eigenvalue weighted by Gasteiger charge is 2.22. The lowest BCUT2D eigenvalue weighted by atomic mass is 9.83. The maximum absolute atomic E-state index is 13.1. The van der Waals surface area contributed by atoms with Crippen molar-refractivity contribution in [3.63, 3.8) is 0 Å². The summed E-state index contributed by atoms with van der Waals surface area (Å²) < 4.78 is 26.1. The summed E-state index contributed by atoms with van der Waals surface area (Å²) in [5, 5.41) is 3.34. The lowest BCUT2D eigenvalue weighted by Gasteiger charge is -2.28. The molecule has 2 nitrogen and oxygen atoms in total. The Morgan fingerprint density at radius 2 is 2.05 bits per heavy atom. The van der Waals surface area contributed by atoms with Crippen LogP contribution in [0, 0.1) is 23.5 Å². The number of rotatable bonds is 5. The minimum Gasteiger partial charge on any atom is -0.316 e. The van der Waals surface area contributed by atoms with Crippen LogP contribution in [0.25, 0.3) is 0 Å². The number of carbonyl (C=O) groups excluding carboxylic acids is 1. The molecule has 1 aliphatic rings. The Morgan fingerprint density at radius 3 is 2.65 bits per heavy atom. The third-order valence-corrected chi connectivity index (χ3v) is 4.01. The maximum atomic E-state index is 13.1. The van der Waals surface area contributed by atoms with E-state index in [0.717, 1.165) is 32.0 Å². The van der Waals surface area contributed by atoms with Gasteiger partial charge in [0.15, 0.2) is 0 Å². The number of hydrogen-bond acceptors (Lipinski definition) is 2. The molecule has 2 unspecified atom stereocenters. The van der Waals surface area contributed by atoms with E-state index < -0.39 is 11.6 Å². The fraction of sp³-hybridized carbons (Fsp3) is 0.562. The van der Waals surface area contributed by atoms with Crippen molar-refractivity contribution in [1.29, 1.82) is 0 Å². The van der Waals surface area contributed by atoms with Gasteiger partial charge in [0, 0.05) is 18.9 Å². The SMILES string of the molecule is CC(CC(=O)Cc1cc(F)cc(F)c1)C1CCCNC1. The van der Waals surface area contributed by atoms with Gasteiger partial charge in [-0.05, 0) is 55.5 Å². The van der Waals surface area contributed by atoms with Gasteiger partial charge in [0.05, 0.1) is 0 Å². The molecule has 1 aromatic rings. The molecule has 4 heteroatoms. The Hall–Kier alpha value is -1.29. The van der Waals surface area contributed by atoms with E-state index in [1.54, 1.807) is 0 Å². The first-order chi connectivity index (χ1) is 9.54. The molecule has 1 aliphatic heterocycles. The van der Waals surface area contributed by atoms with Crippen LogP contribution in [-0.4, -0.2) is 18.9 Å². The fourth-order valence-electron chi connectivity index (χ4n) is 2.90. The van der Waals surface area contributed by atoms with Crippen LogP contribution in [0.3, 0.4) is 0 Å². The van der Waals surface area contributed by atoms with E-state index in [9.17, 15) is 13.6 Å². The van der Waals surface area contributed by atoms with Crippen LogP contribution >= 0.6 is 0 Å². The predicted molar refractivity (Wildman–Crippen MR) is 74.4 cm³/mol. The van der Waals surface area contributed by atoms with Gasteiger partial charge in [-0.3, -0.25) is 4.79 Å². The summed E-state index contributed by atoms with van der Waals surface area (Å²) in [7, 11) is 0. The minimum atomic E-state index is -0.627. The largest absolute Gasteiger partial charge is 0.316 e. The highest BCUT2D eigenvalue weighted by atomic mass is 19.1. The summed E-state index contributed by atoms with van der Waals surface area (Å²) in [5.74, 6) is -0.367. The van der Waals surface area contributed by atoms with Crippen LogP contribution in [-0.2, 0) is 11.2 Å². The average molecular weight is 281 g/mol.